The fourth-order valence-corrected chi connectivity index (χ4v) is 5.18. The molecule has 1 aromatic heterocycles. The van der Waals surface area contributed by atoms with Crippen LogP contribution in [0.4, 0.5) is 0 Å². The first-order chi connectivity index (χ1) is 8.88. The van der Waals surface area contributed by atoms with Crippen LogP contribution in [0.5, 0.6) is 0 Å². The van der Waals surface area contributed by atoms with E-state index >= 15 is 0 Å². The molecule has 1 aromatic carbocycles. The first-order valence-electron chi connectivity index (χ1n) is 6.62. The summed E-state index contributed by atoms with van der Waals surface area (Å²) in [6, 6.07) is 9.38. The quantitative estimate of drug-likeness (QED) is 0.909. The van der Waals surface area contributed by atoms with E-state index in [1.54, 1.807) is 0 Å². The van der Waals surface area contributed by atoms with Crippen LogP contribution in [-0.4, -0.2) is 24.1 Å². The van der Waals surface area contributed by atoms with Gasteiger partial charge in [0.1, 0.15) is 0 Å². The van der Waals surface area contributed by atoms with Gasteiger partial charge in [0.05, 0.1) is 0 Å². The Labute approximate surface area is 117 Å². The molecule has 1 saturated heterocycles. The van der Waals surface area contributed by atoms with Gasteiger partial charge in [-0.2, -0.15) is 11.8 Å². The molecule has 0 spiro atoms. The SMILES string of the molecule is CNC(Cc1csc2ccccc12)C1CCCS1. The molecule has 0 aliphatic carbocycles. The molecule has 3 rings (SSSR count). The second-order valence-electron chi connectivity index (χ2n) is 4.91. The highest BCUT2D eigenvalue weighted by molar-refractivity contribution is 8.00. The van der Waals surface area contributed by atoms with E-state index < -0.39 is 0 Å². The predicted molar refractivity (Wildman–Crippen MR) is 83.9 cm³/mol. The number of thioether (sulfide) groups is 1. The van der Waals surface area contributed by atoms with E-state index in [1.165, 1.54) is 34.2 Å². The number of hydrogen-bond donors (Lipinski definition) is 1. The topological polar surface area (TPSA) is 12.0 Å². The number of nitrogens with one attached hydrogen (secondary N) is 1. The van der Waals surface area contributed by atoms with Gasteiger partial charge in [0, 0.05) is 16.0 Å². The lowest BCUT2D eigenvalue weighted by molar-refractivity contribution is 0.525. The molecule has 0 amide bonds. The van der Waals surface area contributed by atoms with Crippen molar-refractivity contribution < 1.29 is 0 Å². The molecule has 0 bridgehead atoms. The van der Waals surface area contributed by atoms with Crippen LogP contribution in [0.25, 0.3) is 10.1 Å². The van der Waals surface area contributed by atoms with E-state index in [1.807, 2.05) is 11.3 Å². The van der Waals surface area contributed by atoms with E-state index in [4.69, 9.17) is 0 Å². The maximum atomic E-state index is 3.53. The Morgan fingerprint density at radius 1 is 1.39 bits per heavy atom. The average Bonchev–Trinajstić information content (AvgIpc) is 3.06. The molecule has 1 N–H and O–H groups in total. The highest BCUT2D eigenvalue weighted by atomic mass is 32.2. The normalized spacial score (nSPS) is 21.5. The van der Waals surface area contributed by atoms with Crippen molar-refractivity contribution >= 4 is 33.2 Å². The van der Waals surface area contributed by atoms with E-state index in [0.29, 0.717) is 6.04 Å². The van der Waals surface area contributed by atoms with Crippen molar-refractivity contribution in [1.29, 1.82) is 0 Å². The summed E-state index contributed by atoms with van der Waals surface area (Å²) < 4.78 is 1.42. The zero-order chi connectivity index (χ0) is 12.4. The molecule has 1 fully saturated rings. The van der Waals surface area contributed by atoms with Gasteiger partial charge in [0.25, 0.3) is 0 Å². The number of rotatable bonds is 4. The van der Waals surface area contributed by atoms with Crippen molar-refractivity contribution in [1.82, 2.24) is 5.32 Å². The summed E-state index contributed by atoms with van der Waals surface area (Å²) in [4.78, 5) is 0. The molecule has 0 radical (unpaired) electrons. The van der Waals surface area contributed by atoms with Crippen LogP contribution in [0, 0.1) is 0 Å². The molecular weight excluding hydrogens is 258 g/mol. The maximum Gasteiger partial charge on any atom is 0.0345 e. The number of likely N-dealkylation sites (N-methyl/N-ethyl adjacent to an activating group) is 1. The van der Waals surface area contributed by atoms with Gasteiger partial charge in [-0.05, 0) is 54.5 Å². The first-order valence-corrected chi connectivity index (χ1v) is 8.55. The molecule has 2 heterocycles. The molecule has 0 saturated carbocycles. The lowest BCUT2D eigenvalue weighted by Gasteiger charge is -2.22. The summed E-state index contributed by atoms with van der Waals surface area (Å²) in [6.07, 6.45) is 3.92. The molecule has 1 aliphatic rings. The molecule has 2 atom stereocenters. The van der Waals surface area contributed by atoms with Crippen LogP contribution < -0.4 is 5.32 Å². The van der Waals surface area contributed by atoms with Gasteiger partial charge >= 0.3 is 0 Å². The summed E-state index contributed by atoms with van der Waals surface area (Å²) in [7, 11) is 2.11. The fraction of sp³-hybridized carbons (Fsp3) is 0.467. The standard InChI is InChI=1S/C15H19NS2/c1-16-13(15-7-4-8-17-15)9-11-10-18-14-6-3-2-5-12(11)14/h2-3,5-6,10,13,15-16H,4,7-9H2,1H3. The summed E-state index contributed by atoms with van der Waals surface area (Å²) in [5.74, 6) is 1.34. The number of benzene rings is 1. The van der Waals surface area contributed by atoms with Crippen molar-refractivity contribution in [3.05, 3.63) is 35.2 Å². The van der Waals surface area contributed by atoms with E-state index in [-0.39, 0.29) is 0 Å². The molecule has 1 nitrogen and oxygen atoms in total. The van der Waals surface area contributed by atoms with Crippen molar-refractivity contribution in [2.24, 2.45) is 0 Å². The Bertz CT molecular complexity index is 514. The Morgan fingerprint density at radius 2 is 2.28 bits per heavy atom. The smallest absolute Gasteiger partial charge is 0.0345 e. The van der Waals surface area contributed by atoms with Gasteiger partial charge in [0.15, 0.2) is 0 Å². The van der Waals surface area contributed by atoms with Crippen LogP contribution in [0.2, 0.25) is 0 Å². The van der Waals surface area contributed by atoms with Crippen LogP contribution in [-0.2, 0) is 6.42 Å². The van der Waals surface area contributed by atoms with Crippen molar-refractivity contribution in [3.8, 4) is 0 Å². The van der Waals surface area contributed by atoms with Crippen molar-refractivity contribution in [2.75, 3.05) is 12.8 Å². The Kier molecular flexibility index (Phi) is 3.92. The second kappa shape index (κ2) is 5.64. The Morgan fingerprint density at radius 3 is 3.06 bits per heavy atom. The first kappa shape index (κ1) is 12.5. The molecule has 96 valence electrons. The van der Waals surface area contributed by atoms with Crippen LogP contribution in [0.1, 0.15) is 18.4 Å². The van der Waals surface area contributed by atoms with Crippen LogP contribution in [0.15, 0.2) is 29.6 Å². The molecule has 3 heteroatoms. The monoisotopic (exact) mass is 277 g/mol. The van der Waals surface area contributed by atoms with Gasteiger partial charge in [-0.15, -0.1) is 11.3 Å². The molecule has 1 aliphatic heterocycles. The van der Waals surface area contributed by atoms with Crippen LogP contribution in [0.3, 0.4) is 0 Å². The third kappa shape index (κ3) is 2.44. The third-order valence-electron chi connectivity index (χ3n) is 3.79. The number of hydrogen-bond acceptors (Lipinski definition) is 3. The Hall–Kier alpha value is -0.510. The average molecular weight is 277 g/mol. The minimum Gasteiger partial charge on any atom is -0.316 e. The molecule has 2 aromatic rings. The minimum absolute atomic E-state index is 0.621. The molecule has 2 unspecified atom stereocenters. The zero-order valence-electron chi connectivity index (χ0n) is 10.7. The summed E-state index contributed by atoms with van der Waals surface area (Å²) in [5.41, 5.74) is 1.52. The van der Waals surface area contributed by atoms with Crippen LogP contribution >= 0.6 is 23.1 Å². The fourth-order valence-electron chi connectivity index (χ4n) is 2.77. The summed E-state index contributed by atoms with van der Waals surface area (Å²) in [5, 5.41) is 8.12. The zero-order valence-corrected chi connectivity index (χ0v) is 12.3. The van der Waals surface area contributed by atoms with Gasteiger partial charge in [-0.1, -0.05) is 18.2 Å². The Balaban J connectivity index is 1.81. The number of thiophene rings is 1. The lowest BCUT2D eigenvalue weighted by atomic mass is 10.0. The van der Waals surface area contributed by atoms with Crippen molar-refractivity contribution in [3.63, 3.8) is 0 Å². The predicted octanol–water partition coefficient (Wildman–Crippen LogP) is 3.93. The third-order valence-corrected chi connectivity index (χ3v) is 6.31. The molecular formula is C15H19NS2. The van der Waals surface area contributed by atoms with Gasteiger partial charge in [-0.25, -0.2) is 0 Å². The van der Waals surface area contributed by atoms with Gasteiger partial charge in [-0.3, -0.25) is 0 Å². The molecule has 18 heavy (non-hydrogen) atoms. The van der Waals surface area contributed by atoms with Gasteiger partial charge in [0.2, 0.25) is 0 Å². The largest absolute Gasteiger partial charge is 0.316 e. The minimum atomic E-state index is 0.621. The highest BCUT2D eigenvalue weighted by Gasteiger charge is 2.25. The number of fused-ring (bicyclic) bond motifs is 1. The highest BCUT2D eigenvalue weighted by Crippen LogP contribution is 2.32. The summed E-state index contributed by atoms with van der Waals surface area (Å²) >= 11 is 4.02. The van der Waals surface area contributed by atoms with E-state index in [9.17, 15) is 0 Å². The maximum absolute atomic E-state index is 3.53. The van der Waals surface area contributed by atoms with E-state index in [2.05, 4.69) is 53.8 Å². The second-order valence-corrected chi connectivity index (χ2v) is 7.17. The van der Waals surface area contributed by atoms with Gasteiger partial charge < -0.3 is 5.32 Å². The lowest BCUT2D eigenvalue weighted by Crippen LogP contribution is -2.36. The van der Waals surface area contributed by atoms with E-state index in [0.717, 1.165) is 11.7 Å². The summed E-state index contributed by atoms with van der Waals surface area (Å²) in [6.45, 7) is 0. The van der Waals surface area contributed by atoms with Crippen molar-refractivity contribution in [2.45, 2.75) is 30.6 Å².